The predicted octanol–water partition coefficient (Wildman–Crippen LogP) is 5.62. The van der Waals surface area contributed by atoms with Crippen LogP contribution in [0.15, 0.2) is 48.5 Å². The number of benzene rings is 2. The maximum Gasteiger partial charge on any atom is 0.223 e. The van der Waals surface area contributed by atoms with Gasteiger partial charge in [-0.05, 0) is 38.3 Å². The summed E-state index contributed by atoms with van der Waals surface area (Å²) >= 11 is 0. The van der Waals surface area contributed by atoms with Gasteiger partial charge < -0.3 is 9.47 Å². The van der Waals surface area contributed by atoms with Gasteiger partial charge in [0.15, 0.2) is 0 Å². The van der Waals surface area contributed by atoms with E-state index in [1.54, 1.807) is 0 Å². The second-order valence-corrected chi connectivity index (χ2v) is 7.82. The number of aryl methyl sites for hydroxylation is 2. The molecule has 4 rings (SSSR count). The van der Waals surface area contributed by atoms with Gasteiger partial charge in [0.1, 0.15) is 0 Å². The molecular formula is C24H28N2O. The van der Waals surface area contributed by atoms with Crippen molar-refractivity contribution < 1.29 is 4.79 Å². The maximum atomic E-state index is 12.7. The molecule has 1 aromatic heterocycles. The molecule has 1 fully saturated rings. The Kier molecular flexibility index (Phi) is 4.55. The molecule has 0 N–H and O–H groups in total. The van der Waals surface area contributed by atoms with Gasteiger partial charge in [0.05, 0.1) is 11.7 Å². The molecule has 2 heterocycles. The Labute approximate surface area is 161 Å². The van der Waals surface area contributed by atoms with Crippen molar-refractivity contribution in [1.29, 1.82) is 0 Å². The van der Waals surface area contributed by atoms with Gasteiger partial charge >= 0.3 is 0 Å². The minimum Gasteiger partial charge on any atom is -0.343 e. The number of rotatable bonds is 4. The Balaban J connectivity index is 1.98. The Morgan fingerprint density at radius 1 is 1.11 bits per heavy atom. The van der Waals surface area contributed by atoms with Crippen LogP contribution in [0, 0.1) is 6.92 Å². The molecule has 1 aliphatic heterocycles. The SMILES string of the molecule is CC[C@@H](C)N1C(=O)CC[C@H]1c1c(-c2ccc(C)cc2)n(C)c2ccccc12. The van der Waals surface area contributed by atoms with Gasteiger partial charge in [-0.15, -0.1) is 0 Å². The third kappa shape index (κ3) is 2.86. The lowest BCUT2D eigenvalue weighted by atomic mass is 9.96. The summed E-state index contributed by atoms with van der Waals surface area (Å²) < 4.78 is 2.30. The van der Waals surface area contributed by atoms with Crippen LogP contribution in [-0.2, 0) is 11.8 Å². The van der Waals surface area contributed by atoms with Crippen LogP contribution < -0.4 is 0 Å². The summed E-state index contributed by atoms with van der Waals surface area (Å²) in [4.78, 5) is 14.9. The van der Waals surface area contributed by atoms with Crippen molar-refractivity contribution in [2.24, 2.45) is 7.05 Å². The number of nitrogens with zero attached hydrogens (tertiary/aromatic N) is 2. The minimum absolute atomic E-state index is 0.148. The number of hydrogen-bond acceptors (Lipinski definition) is 1. The van der Waals surface area contributed by atoms with Crippen molar-refractivity contribution in [3.8, 4) is 11.3 Å². The lowest BCUT2D eigenvalue weighted by molar-refractivity contribution is -0.131. The third-order valence-corrected chi connectivity index (χ3v) is 6.13. The van der Waals surface area contributed by atoms with Gasteiger partial charge in [0.25, 0.3) is 0 Å². The molecule has 140 valence electrons. The van der Waals surface area contributed by atoms with Crippen LogP contribution in [0.2, 0.25) is 0 Å². The number of carbonyl (C=O) groups excluding carboxylic acids is 1. The average molecular weight is 361 g/mol. The van der Waals surface area contributed by atoms with E-state index in [0.29, 0.717) is 6.42 Å². The fourth-order valence-corrected chi connectivity index (χ4v) is 4.56. The van der Waals surface area contributed by atoms with E-state index in [1.165, 1.54) is 33.3 Å². The molecule has 3 heteroatoms. The summed E-state index contributed by atoms with van der Waals surface area (Å²) in [6.45, 7) is 6.46. The maximum absolute atomic E-state index is 12.7. The fraction of sp³-hybridized carbons (Fsp3) is 0.375. The molecule has 3 aromatic rings. The third-order valence-electron chi connectivity index (χ3n) is 6.13. The van der Waals surface area contributed by atoms with E-state index < -0.39 is 0 Å². The highest BCUT2D eigenvalue weighted by Crippen LogP contribution is 2.44. The van der Waals surface area contributed by atoms with Crippen LogP contribution in [0.5, 0.6) is 0 Å². The van der Waals surface area contributed by atoms with Gasteiger partial charge in [-0.1, -0.05) is 55.0 Å². The first-order valence-corrected chi connectivity index (χ1v) is 9.98. The van der Waals surface area contributed by atoms with Crippen molar-refractivity contribution in [3.05, 3.63) is 59.7 Å². The fourth-order valence-electron chi connectivity index (χ4n) is 4.56. The van der Waals surface area contributed by atoms with Crippen molar-refractivity contribution in [3.63, 3.8) is 0 Å². The molecule has 0 aliphatic carbocycles. The molecule has 0 unspecified atom stereocenters. The van der Waals surface area contributed by atoms with Crippen LogP contribution in [0.4, 0.5) is 0 Å². The summed E-state index contributed by atoms with van der Waals surface area (Å²) in [5.74, 6) is 0.289. The van der Waals surface area contributed by atoms with E-state index in [4.69, 9.17) is 0 Å². The first kappa shape index (κ1) is 17.8. The highest BCUT2D eigenvalue weighted by Gasteiger charge is 2.38. The highest BCUT2D eigenvalue weighted by molar-refractivity contribution is 5.93. The summed E-state index contributed by atoms with van der Waals surface area (Å²) in [6.07, 6.45) is 2.52. The van der Waals surface area contributed by atoms with Crippen molar-refractivity contribution >= 4 is 16.8 Å². The molecule has 1 saturated heterocycles. The smallest absolute Gasteiger partial charge is 0.223 e. The second kappa shape index (κ2) is 6.88. The van der Waals surface area contributed by atoms with E-state index in [-0.39, 0.29) is 18.0 Å². The molecule has 2 aromatic carbocycles. The Bertz CT molecular complexity index is 984. The Morgan fingerprint density at radius 3 is 2.52 bits per heavy atom. The van der Waals surface area contributed by atoms with E-state index in [9.17, 15) is 4.79 Å². The van der Waals surface area contributed by atoms with E-state index >= 15 is 0 Å². The van der Waals surface area contributed by atoms with Gasteiger partial charge in [0.2, 0.25) is 5.91 Å². The molecular weight excluding hydrogens is 332 g/mol. The van der Waals surface area contributed by atoms with Crippen LogP contribution in [0.3, 0.4) is 0 Å². The largest absolute Gasteiger partial charge is 0.343 e. The summed E-state index contributed by atoms with van der Waals surface area (Å²) in [6, 6.07) is 17.7. The zero-order valence-electron chi connectivity index (χ0n) is 16.7. The van der Waals surface area contributed by atoms with Gasteiger partial charge in [-0.2, -0.15) is 0 Å². The van der Waals surface area contributed by atoms with Crippen LogP contribution >= 0.6 is 0 Å². The number of aromatic nitrogens is 1. The van der Waals surface area contributed by atoms with E-state index in [0.717, 1.165) is 12.8 Å². The quantitative estimate of drug-likeness (QED) is 0.593. The van der Waals surface area contributed by atoms with Gasteiger partial charge in [-0.25, -0.2) is 0 Å². The number of likely N-dealkylation sites (tertiary alicyclic amines) is 1. The van der Waals surface area contributed by atoms with Crippen molar-refractivity contribution in [2.45, 2.75) is 52.1 Å². The van der Waals surface area contributed by atoms with Gasteiger partial charge in [0, 0.05) is 36.0 Å². The lowest BCUT2D eigenvalue weighted by Crippen LogP contribution is -2.35. The first-order chi connectivity index (χ1) is 13.0. The minimum atomic E-state index is 0.148. The predicted molar refractivity (Wildman–Crippen MR) is 112 cm³/mol. The normalized spacial score (nSPS) is 18.4. The van der Waals surface area contributed by atoms with Crippen molar-refractivity contribution in [1.82, 2.24) is 9.47 Å². The zero-order chi connectivity index (χ0) is 19.1. The Morgan fingerprint density at radius 2 is 1.81 bits per heavy atom. The number of carbonyl (C=O) groups is 1. The van der Waals surface area contributed by atoms with Crippen LogP contribution in [0.1, 0.15) is 50.3 Å². The first-order valence-electron chi connectivity index (χ1n) is 9.98. The summed E-state index contributed by atoms with van der Waals surface area (Å²) in [5.41, 5.74) is 6.26. The lowest BCUT2D eigenvalue weighted by Gasteiger charge is -2.31. The number of hydrogen-bond donors (Lipinski definition) is 0. The molecule has 0 bridgehead atoms. The topological polar surface area (TPSA) is 25.2 Å². The number of fused-ring (bicyclic) bond motifs is 1. The Hall–Kier alpha value is -2.55. The molecule has 2 atom stereocenters. The molecule has 0 radical (unpaired) electrons. The summed E-state index contributed by atoms with van der Waals surface area (Å²) in [7, 11) is 2.14. The van der Waals surface area contributed by atoms with Gasteiger partial charge in [-0.3, -0.25) is 4.79 Å². The highest BCUT2D eigenvalue weighted by atomic mass is 16.2. The average Bonchev–Trinajstić information content (AvgIpc) is 3.20. The van der Waals surface area contributed by atoms with Crippen LogP contribution in [0.25, 0.3) is 22.2 Å². The van der Waals surface area contributed by atoms with E-state index in [1.807, 2.05) is 0 Å². The number of amides is 1. The molecule has 1 amide bonds. The molecule has 0 spiro atoms. The van der Waals surface area contributed by atoms with E-state index in [2.05, 4.69) is 85.8 Å². The molecule has 1 aliphatic rings. The molecule has 0 saturated carbocycles. The van der Waals surface area contributed by atoms with Crippen molar-refractivity contribution in [2.75, 3.05) is 0 Å². The molecule has 3 nitrogen and oxygen atoms in total. The standard InChI is InChI=1S/C24H28N2O/c1-5-17(3)26-21(14-15-22(26)27)23-19-8-6-7-9-20(19)25(4)24(23)18-12-10-16(2)11-13-18/h6-13,17,21H,5,14-15H2,1-4H3/t17-,21+/m1/s1. The zero-order valence-corrected chi connectivity index (χ0v) is 16.7. The summed E-state index contributed by atoms with van der Waals surface area (Å²) in [5, 5.41) is 1.27. The number of para-hydroxylation sites is 1. The second-order valence-electron chi connectivity index (χ2n) is 7.82. The van der Waals surface area contributed by atoms with Crippen LogP contribution in [-0.4, -0.2) is 21.4 Å². The monoisotopic (exact) mass is 360 g/mol. The molecule has 27 heavy (non-hydrogen) atoms.